The Morgan fingerprint density at radius 1 is 1.14 bits per heavy atom. The van der Waals surface area contributed by atoms with Crippen molar-refractivity contribution in [2.24, 2.45) is 5.92 Å². The molecule has 1 aliphatic rings. The first kappa shape index (κ1) is 18.9. The molecule has 0 unspecified atom stereocenters. The maximum absolute atomic E-state index is 12.3. The van der Waals surface area contributed by atoms with Gasteiger partial charge in [-0.1, -0.05) is 43.3 Å². The number of allylic oxidation sites excluding steroid dienone is 1. The number of hydrogen-bond acceptors (Lipinski definition) is 3. The third kappa shape index (κ3) is 4.21. The van der Waals surface area contributed by atoms with Crippen molar-refractivity contribution in [1.82, 2.24) is 4.98 Å². The molecular weight excluding hydrogens is 360 g/mol. The second-order valence-electron chi connectivity index (χ2n) is 7.63. The molecule has 3 aromatic rings. The molecule has 1 N–H and O–H groups in total. The molecule has 2 atom stereocenters. The standard InChI is InChI=1S/C25H24N2O2/c1-25(20-6-3-7-23(15-20)29-2)16-21(25)10-13-24(28)27-22-11-8-18(9-12-22)19-5-4-14-26-17-19/h3-15,17,21H,16H2,1-2H3,(H,27,28)/t21-,25-/m1/s1. The fourth-order valence-electron chi connectivity index (χ4n) is 3.66. The number of nitrogens with zero attached hydrogens (tertiary/aromatic N) is 1. The van der Waals surface area contributed by atoms with Crippen LogP contribution in [0, 0.1) is 5.92 Å². The minimum atomic E-state index is -0.112. The lowest BCUT2D eigenvalue weighted by Gasteiger charge is -2.11. The van der Waals surface area contributed by atoms with Crippen LogP contribution in [0.3, 0.4) is 0 Å². The SMILES string of the molecule is COc1cccc([C@@]2(C)C[C@H]2C=CC(=O)Nc2ccc(-c3cccnc3)cc2)c1. The van der Waals surface area contributed by atoms with E-state index in [2.05, 4.69) is 29.4 Å². The van der Waals surface area contributed by atoms with Crippen LogP contribution in [-0.2, 0) is 10.2 Å². The van der Waals surface area contributed by atoms with Crippen molar-refractivity contribution < 1.29 is 9.53 Å². The van der Waals surface area contributed by atoms with Crippen LogP contribution in [0.4, 0.5) is 5.69 Å². The van der Waals surface area contributed by atoms with E-state index in [1.165, 1.54) is 5.56 Å². The quantitative estimate of drug-likeness (QED) is 0.592. The van der Waals surface area contributed by atoms with Crippen molar-refractivity contribution in [3.63, 3.8) is 0 Å². The summed E-state index contributed by atoms with van der Waals surface area (Å²) >= 11 is 0. The second-order valence-corrected chi connectivity index (χ2v) is 7.63. The Bertz CT molecular complexity index is 1030. The van der Waals surface area contributed by atoms with Gasteiger partial charge in [-0.15, -0.1) is 0 Å². The zero-order chi connectivity index (χ0) is 20.3. The molecule has 0 aliphatic heterocycles. The number of carbonyl (C=O) groups excluding carboxylic acids is 1. The molecule has 146 valence electrons. The van der Waals surface area contributed by atoms with Gasteiger partial charge in [0, 0.05) is 18.1 Å². The molecule has 0 bridgehead atoms. The van der Waals surface area contributed by atoms with E-state index in [9.17, 15) is 4.79 Å². The predicted molar refractivity (Wildman–Crippen MR) is 116 cm³/mol. The van der Waals surface area contributed by atoms with Gasteiger partial charge in [-0.3, -0.25) is 9.78 Å². The Morgan fingerprint density at radius 3 is 2.69 bits per heavy atom. The van der Waals surface area contributed by atoms with Crippen LogP contribution in [0.15, 0.2) is 85.2 Å². The summed E-state index contributed by atoms with van der Waals surface area (Å²) in [5.74, 6) is 1.11. The summed E-state index contributed by atoms with van der Waals surface area (Å²) in [4.78, 5) is 16.5. The van der Waals surface area contributed by atoms with Crippen LogP contribution >= 0.6 is 0 Å². The highest BCUT2D eigenvalue weighted by Crippen LogP contribution is 2.55. The van der Waals surface area contributed by atoms with Crippen LogP contribution in [-0.4, -0.2) is 18.0 Å². The average molecular weight is 384 g/mol. The minimum absolute atomic E-state index is 0.0662. The van der Waals surface area contributed by atoms with Crippen LogP contribution in [0.2, 0.25) is 0 Å². The molecule has 1 fully saturated rings. The maximum Gasteiger partial charge on any atom is 0.248 e. The van der Waals surface area contributed by atoms with Gasteiger partial charge in [0.25, 0.3) is 0 Å². The number of hydrogen-bond donors (Lipinski definition) is 1. The highest BCUT2D eigenvalue weighted by molar-refractivity contribution is 5.99. The Kier molecular flexibility index (Phi) is 5.17. The Labute approximate surface area is 171 Å². The summed E-state index contributed by atoms with van der Waals surface area (Å²) < 4.78 is 5.33. The van der Waals surface area contributed by atoms with Gasteiger partial charge >= 0.3 is 0 Å². The number of pyridine rings is 1. The van der Waals surface area contributed by atoms with E-state index in [-0.39, 0.29) is 11.3 Å². The third-order valence-corrected chi connectivity index (χ3v) is 5.66. The van der Waals surface area contributed by atoms with Crippen LogP contribution in [0.5, 0.6) is 5.75 Å². The van der Waals surface area contributed by atoms with Gasteiger partial charge in [0.15, 0.2) is 0 Å². The van der Waals surface area contributed by atoms with E-state index in [4.69, 9.17) is 4.74 Å². The van der Waals surface area contributed by atoms with Crippen molar-refractivity contribution in [1.29, 1.82) is 0 Å². The third-order valence-electron chi connectivity index (χ3n) is 5.66. The molecule has 29 heavy (non-hydrogen) atoms. The molecule has 0 radical (unpaired) electrons. The number of nitrogens with one attached hydrogen (secondary N) is 1. The smallest absolute Gasteiger partial charge is 0.248 e. The monoisotopic (exact) mass is 384 g/mol. The zero-order valence-electron chi connectivity index (χ0n) is 16.6. The van der Waals surface area contributed by atoms with Gasteiger partial charge in [0.1, 0.15) is 5.75 Å². The van der Waals surface area contributed by atoms with Crippen molar-refractivity contribution in [2.75, 3.05) is 12.4 Å². The zero-order valence-corrected chi connectivity index (χ0v) is 16.6. The van der Waals surface area contributed by atoms with E-state index in [0.29, 0.717) is 5.92 Å². The Balaban J connectivity index is 1.36. The van der Waals surface area contributed by atoms with Gasteiger partial charge in [-0.05, 0) is 70.9 Å². The number of rotatable bonds is 6. The fourth-order valence-corrected chi connectivity index (χ4v) is 3.66. The van der Waals surface area contributed by atoms with Crippen molar-refractivity contribution in [3.05, 3.63) is 90.8 Å². The lowest BCUT2D eigenvalue weighted by molar-refractivity contribution is -0.111. The van der Waals surface area contributed by atoms with Gasteiger partial charge in [0.05, 0.1) is 7.11 Å². The topological polar surface area (TPSA) is 51.2 Å². The number of aromatic nitrogens is 1. The fraction of sp³-hybridized carbons (Fsp3) is 0.200. The van der Waals surface area contributed by atoms with E-state index >= 15 is 0 Å². The van der Waals surface area contributed by atoms with Gasteiger partial charge in [-0.25, -0.2) is 0 Å². The van der Waals surface area contributed by atoms with Crippen LogP contribution in [0.1, 0.15) is 18.9 Å². The average Bonchev–Trinajstić information content (AvgIpc) is 3.45. The van der Waals surface area contributed by atoms with Crippen molar-refractivity contribution >= 4 is 11.6 Å². The van der Waals surface area contributed by atoms with E-state index in [1.807, 2.05) is 60.8 Å². The Morgan fingerprint density at radius 2 is 1.97 bits per heavy atom. The van der Waals surface area contributed by atoms with Crippen molar-refractivity contribution in [2.45, 2.75) is 18.8 Å². The molecule has 0 spiro atoms. The molecule has 1 amide bonds. The minimum Gasteiger partial charge on any atom is -0.497 e. The molecule has 1 saturated carbocycles. The first-order chi connectivity index (χ1) is 14.1. The maximum atomic E-state index is 12.3. The van der Waals surface area contributed by atoms with E-state index in [0.717, 1.165) is 29.0 Å². The first-order valence-corrected chi connectivity index (χ1v) is 9.73. The molecule has 1 aliphatic carbocycles. The summed E-state index contributed by atoms with van der Waals surface area (Å²) in [6.07, 6.45) is 8.27. The number of anilines is 1. The number of carbonyl (C=O) groups is 1. The summed E-state index contributed by atoms with van der Waals surface area (Å²) in [7, 11) is 1.68. The van der Waals surface area contributed by atoms with E-state index < -0.39 is 0 Å². The highest BCUT2D eigenvalue weighted by atomic mass is 16.5. The number of amides is 1. The molecule has 4 rings (SSSR count). The van der Waals surface area contributed by atoms with Crippen molar-refractivity contribution in [3.8, 4) is 16.9 Å². The summed E-state index contributed by atoms with van der Waals surface area (Å²) in [6.45, 7) is 2.23. The molecule has 4 nitrogen and oxygen atoms in total. The molecule has 1 aromatic heterocycles. The van der Waals surface area contributed by atoms with Gasteiger partial charge < -0.3 is 10.1 Å². The summed E-state index contributed by atoms with van der Waals surface area (Å²) in [6, 6.07) is 19.9. The van der Waals surface area contributed by atoms with Crippen LogP contribution in [0.25, 0.3) is 11.1 Å². The largest absolute Gasteiger partial charge is 0.497 e. The molecule has 1 heterocycles. The summed E-state index contributed by atoms with van der Waals surface area (Å²) in [5, 5.41) is 2.93. The molecule has 0 saturated heterocycles. The highest BCUT2D eigenvalue weighted by Gasteiger charge is 2.49. The number of benzene rings is 2. The predicted octanol–water partition coefficient (Wildman–Crippen LogP) is 5.23. The molecule has 4 heteroatoms. The first-order valence-electron chi connectivity index (χ1n) is 9.73. The van der Waals surface area contributed by atoms with E-state index in [1.54, 1.807) is 19.4 Å². The van der Waals surface area contributed by atoms with Gasteiger partial charge in [-0.2, -0.15) is 0 Å². The normalized spacial score (nSPS) is 20.4. The van der Waals surface area contributed by atoms with Gasteiger partial charge in [0.2, 0.25) is 5.91 Å². The number of methoxy groups -OCH3 is 1. The Hall–Kier alpha value is -3.40. The molecule has 2 aromatic carbocycles. The van der Waals surface area contributed by atoms with Crippen LogP contribution < -0.4 is 10.1 Å². The summed E-state index contributed by atoms with van der Waals surface area (Å²) in [5.41, 5.74) is 4.21. The molecular formula is C25H24N2O2. The number of ether oxygens (including phenoxy) is 1. The second kappa shape index (κ2) is 7.92. The lowest BCUT2D eigenvalue weighted by atomic mass is 9.95. The lowest BCUT2D eigenvalue weighted by Crippen LogP contribution is -2.08.